The zero-order valence-electron chi connectivity index (χ0n) is 11.3. The normalized spacial score (nSPS) is 10.2. The maximum absolute atomic E-state index is 10.3. The highest BCUT2D eigenvalue weighted by Crippen LogP contribution is 2.17. The quantitative estimate of drug-likeness (QED) is 0.767. The van der Waals surface area contributed by atoms with E-state index in [1.54, 1.807) is 0 Å². The van der Waals surface area contributed by atoms with E-state index in [1.165, 1.54) is 5.56 Å². The van der Waals surface area contributed by atoms with Crippen LogP contribution in [0.5, 0.6) is 0 Å². The molecular weight excluding hydrogens is 210 g/mol. The summed E-state index contributed by atoms with van der Waals surface area (Å²) in [6.07, 6.45) is 4.30. The van der Waals surface area contributed by atoms with E-state index in [9.17, 15) is 4.79 Å². The molecule has 2 heteroatoms. The van der Waals surface area contributed by atoms with Gasteiger partial charge >= 0.3 is 0 Å². The summed E-state index contributed by atoms with van der Waals surface area (Å²) in [5.41, 5.74) is 3.41. The number of benzene rings is 1. The molecule has 0 aliphatic rings. The molecule has 1 rings (SSSR count). The van der Waals surface area contributed by atoms with Gasteiger partial charge in [0.25, 0.3) is 0 Å². The lowest BCUT2D eigenvalue weighted by molar-refractivity contribution is -0.107. The molecule has 0 amide bonds. The molecule has 0 heterocycles. The van der Waals surface area contributed by atoms with Crippen LogP contribution in [0.25, 0.3) is 0 Å². The van der Waals surface area contributed by atoms with Crippen LogP contribution in [0.4, 0.5) is 5.69 Å². The Morgan fingerprint density at radius 2 is 1.94 bits per heavy atom. The second kappa shape index (κ2) is 9.64. The van der Waals surface area contributed by atoms with Gasteiger partial charge in [0.1, 0.15) is 6.29 Å². The summed E-state index contributed by atoms with van der Waals surface area (Å²) in [5.74, 6) is 0. The molecule has 0 spiro atoms. The summed E-state index contributed by atoms with van der Waals surface area (Å²) in [5, 5.41) is 3.33. The SMILES string of the molecule is C/C=C(/CCC=O)Nc1ccccc1C.CC. The Bertz CT molecular complexity index is 356. The van der Waals surface area contributed by atoms with Crippen molar-refractivity contribution in [2.45, 2.75) is 40.5 Å². The van der Waals surface area contributed by atoms with Crippen molar-refractivity contribution in [3.05, 3.63) is 41.6 Å². The van der Waals surface area contributed by atoms with E-state index in [0.29, 0.717) is 6.42 Å². The minimum Gasteiger partial charge on any atom is -0.359 e. The number of aldehydes is 1. The van der Waals surface area contributed by atoms with Gasteiger partial charge in [0.2, 0.25) is 0 Å². The van der Waals surface area contributed by atoms with Crippen molar-refractivity contribution in [3.63, 3.8) is 0 Å². The molecule has 17 heavy (non-hydrogen) atoms. The lowest BCUT2D eigenvalue weighted by atomic mass is 10.1. The Morgan fingerprint density at radius 3 is 2.47 bits per heavy atom. The number of hydrogen-bond donors (Lipinski definition) is 1. The molecule has 0 atom stereocenters. The first kappa shape index (κ1) is 15.4. The van der Waals surface area contributed by atoms with Gasteiger partial charge in [-0.15, -0.1) is 0 Å². The minimum absolute atomic E-state index is 0.568. The second-order valence-corrected chi connectivity index (χ2v) is 3.46. The summed E-state index contributed by atoms with van der Waals surface area (Å²) in [4.78, 5) is 10.3. The van der Waals surface area contributed by atoms with Crippen molar-refractivity contribution in [1.29, 1.82) is 0 Å². The highest BCUT2D eigenvalue weighted by Gasteiger charge is 1.99. The molecule has 1 aromatic rings. The van der Waals surface area contributed by atoms with Gasteiger partial charge in [-0.1, -0.05) is 38.1 Å². The third-order valence-electron chi connectivity index (χ3n) is 2.32. The predicted octanol–water partition coefficient (Wildman–Crippen LogP) is 4.32. The van der Waals surface area contributed by atoms with Crippen LogP contribution in [0, 0.1) is 6.92 Å². The second-order valence-electron chi connectivity index (χ2n) is 3.46. The molecule has 0 radical (unpaired) electrons. The summed E-state index contributed by atoms with van der Waals surface area (Å²) >= 11 is 0. The van der Waals surface area contributed by atoms with E-state index in [2.05, 4.69) is 18.3 Å². The van der Waals surface area contributed by atoms with Gasteiger partial charge in [0.15, 0.2) is 0 Å². The van der Waals surface area contributed by atoms with Gasteiger partial charge < -0.3 is 10.1 Å². The van der Waals surface area contributed by atoms with Crippen LogP contribution < -0.4 is 5.32 Å². The van der Waals surface area contributed by atoms with E-state index < -0.39 is 0 Å². The van der Waals surface area contributed by atoms with Crippen molar-refractivity contribution in [2.24, 2.45) is 0 Å². The largest absolute Gasteiger partial charge is 0.359 e. The Kier molecular flexibility index (Phi) is 8.75. The molecule has 0 unspecified atom stereocenters. The fraction of sp³-hybridized carbons (Fsp3) is 0.400. The molecule has 0 saturated heterocycles. The van der Waals surface area contributed by atoms with E-state index in [-0.39, 0.29) is 0 Å². The van der Waals surface area contributed by atoms with Crippen molar-refractivity contribution < 1.29 is 4.79 Å². The zero-order valence-corrected chi connectivity index (χ0v) is 11.3. The van der Waals surface area contributed by atoms with Gasteiger partial charge in [-0.25, -0.2) is 0 Å². The molecule has 0 bridgehead atoms. The number of carbonyl (C=O) groups is 1. The average molecular weight is 233 g/mol. The standard InChI is InChI=1S/C13H17NO.C2H6/c1-3-12(8-6-10-15)14-13-9-5-4-7-11(13)2;1-2/h3-5,7,9-10,14H,6,8H2,1-2H3;1-2H3/b12-3-;. The van der Waals surface area contributed by atoms with Crippen LogP contribution in [-0.2, 0) is 4.79 Å². The molecule has 0 aliphatic carbocycles. The lowest BCUT2D eigenvalue weighted by Crippen LogP contribution is -2.01. The molecule has 0 aliphatic heterocycles. The number of rotatable bonds is 5. The summed E-state index contributed by atoms with van der Waals surface area (Å²) in [7, 11) is 0. The molecule has 2 nitrogen and oxygen atoms in total. The maximum Gasteiger partial charge on any atom is 0.120 e. The van der Waals surface area contributed by atoms with Gasteiger partial charge in [0.05, 0.1) is 0 Å². The van der Waals surface area contributed by atoms with E-state index in [0.717, 1.165) is 24.1 Å². The summed E-state index contributed by atoms with van der Waals surface area (Å²) in [6.45, 7) is 8.04. The Morgan fingerprint density at radius 1 is 1.29 bits per heavy atom. The van der Waals surface area contributed by atoms with E-state index >= 15 is 0 Å². The minimum atomic E-state index is 0.568. The fourth-order valence-electron chi connectivity index (χ4n) is 1.38. The highest BCUT2D eigenvalue weighted by molar-refractivity contribution is 5.55. The number of anilines is 1. The first-order chi connectivity index (χ1) is 8.27. The lowest BCUT2D eigenvalue weighted by Gasteiger charge is -2.11. The predicted molar refractivity (Wildman–Crippen MR) is 75.2 cm³/mol. The monoisotopic (exact) mass is 233 g/mol. The third-order valence-corrected chi connectivity index (χ3v) is 2.32. The van der Waals surface area contributed by atoms with Gasteiger partial charge in [-0.05, 0) is 31.9 Å². The van der Waals surface area contributed by atoms with Crippen molar-refractivity contribution in [2.75, 3.05) is 5.32 Å². The molecule has 1 aromatic carbocycles. The van der Waals surface area contributed by atoms with Crippen molar-refractivity contribution in [3.8, 4) is 0 Å². The molecule has 0 fully saturated rings. The van der Waals surface area contributed by atoms with Gasteiger partial charge in [-0.2, -0.15) is 0 Å². The smallest absolute Gasteiger partial charge is 0.120 e. The third kappa shape index (κ3) is 5.91. The summed E-state index contributed by atoms with van der Waals surface area (Å²) in [6, 6.07) is 8.12. The molecular formula is C15H23NO. The number of aryl methyl sites for hydroxylation is 1. The number of para-hydroxylation sites is 1. The zero-order chi connectivity index (χ0) is 13.1. The molecule has 1 N–H and O–H groups in total. The van der Waals surface area contributed by atoms with Crippen molar-refractivity contribution in [1.82, 2.24) is 0 Å². The van der Waals surface area contributed by atoms with E-state index in [4.69, 9.17) is 0 Å². The van der Waals surface area contributed by atoms with Crippen LogP contribution in [-0.4, -0.2) is 6.29 Å². The Hall–Kier alpha value is -1.57. The fourth-order valence-corrected chi connectivity index (χ4v) is 1.38. The number of hydrogen-bond acceptors (Lipinski definition) is 2. The van der Waals surface area contributed by atoms with Crippen LogP contribution >= 0.6 is 0 Å². The molecule has 94 valence electrons. The van der Waals surface area contributed by atoms with Crippen LogP contribution in [0.3, 0.4) is 0 Å². The van der Waals surface area contributed by atoms with Crippen molar-refractivity contribution >= 4 is 12.0 Å². The molecule has 0 saturated carbocycles. The topological polar surface area (TPSA) is 29.1 Å². The molecule has 0 aromatic heterocycles. The highest BCUT2D eigenvalue weighted by atomic mass is 16.1. The Labute approximate surface area is 105 Å². The average Bonchev–Trinajstić information content (AvgIpc) is 2.39. The number of carbonyl (C=O) groups excluding carboxylic acids is 1. The first-order valence-electron chi connectivity index (χ1n) is 6.19. The number of nitrogens with one attached hydrogen (secondary N) is 1. The van der Waals surface area contributed by atoms with Gasteiger partial charge in [0, 0.05) is 17.8 Å². The first-order valence-corrected chi connectivity index (χ1v) is 6.19. The Balaban J connectivity index is 0.00000121. The van der Waals surface area contributed by atoms with Gasteiger partial charge in [-0.3, -0.25) is 0 Å². The van der Waals surface area contributed by atoms with E-state index in [1.807, 2.05) is 45.0 Å². The van der Waals surface area contributed by atoms with Crippen LogP contribution in [0.1, 0.15) is 39.2 Å². The number of allylic oxidation sites excluding steroid dienone is 2. The van der Waals surface area contributed by atoms with Crippen LogP contribution in [0.15, 0.2) is 36.0 Å². The van der Waals surface area contributed by atoms with Crippen LogP contribution in [0.2, 0.25) is 0 Å². The summed E-state index contributed by atoms with van der Waals surface area (Å²) < 4.78 is 0. The maximum atomic E-state index is 10.3.